The van der Waals surface area contributed by atoms with Crippen LogP contribution in [0.3, 0.4) is 0 Å². The molecule has 0 aromatic carbocycles. The monoisotopic (exact) mass is 794 g/mol. The zero-order valence-electron chi connectivity index (χ0n) is 36.1. The van der Waals surface area contributed by atoms with Crippen molar-refractivity contribution < 1.29 is 37.3 Å². The van der Waals surface area contributed by atoms with Gasteiger partial charge in [0.15, 0.2) is 0 Å². The Labute approximate surface area is 339 Å². The van der Waals surface area contributed by atoms with Crippen molar-refractivity contribution >= 4 is 13.8 Å². The molecule has 0 spiro atoms. The summed E-state index contributed by atoms with van der Waals surface area (Å²) in [5.41, 5.74) is 0. The molecule has 320 valence electrons. The number of nitrogens with zero attached hydrogens (tertiary/aromatic N) is 1. The lowest BCUT2D eigenvalue weighted by Crippen LogP contribution is -2.37. The van der Waals surface area contributed by atoms with Crippen LogP contribution >= 0.6 is 7.82 Å². The summed E-state index contributed by atoms with van der Waals surface area (Å²) in [6.45, 7) is 5.23. The maximum atomic E-state index is 12.7. The van der Waals surface area contributed by atoms with Gasteiger partial charge in [0.1, 0.15) is 19.3 Å². The lowest BCUT2D eigenvalue weighted by atomic mass is 10.1. The van der Waals surface area contributed by atoms with Crippen LogP contribution in [0.4, 0.5) is 0 Å². The van der Waals surface area contributed by atoms with Gasteiger partial charge in [0.05, 0.1) is 34.4 Å². The van der Waals surface area contributed by atoms with E-state index in [2.05, 4.69) is 74.6 Å². The van der Waals surface area contributed by atoms with E-state index < -0.39 is 13.9 Å². The second-order valence-electron chi connectivity index (χ2n) is 15.7. The molecule has 55 heavy (non-hydrogen) atoms. The average Bonchev–Trinajstić information content (AvgIpc) is 3.13. The fourth-order valence-electron chi connectivity index (χ4n) is 5.65. The summed E-state index contributed by atoms with van der Waals surface area (Å²) >= 11 is 0. The summed E-state index contributed by atoms with van der Waals surface area (Å²) in [5, 5.41) is 0. The van der Waals surface area contributed by atoms with Crippen molar-refractivity contribution in [2.75, 3.05) is 54.1 Å². The summed E-state index contributed by atoms with van der Waals surface area (Å²) in [4.78, 5) is 25.0. The van der Waals surface area contributed by atoms with Gasteiger partial charge in [-0.15, -0.1) is 0 Å². The number of likely N-dealkylation sites (N-methyl/N-ethyl adjacent to an activating group) is 1. The van der Waals surface area contributed by atoms with E-state index in [-0.39, 0.29) is 25.8 Å². The second kappa shape index (κ2) is 39.0. The standard InChI is InChI=1S/C46H84NO7P/c1-6-8-10-12-14-16-18-20-21-22-23-24-25-26-28-30-32-34-36-38-41-51-43-45(44-53-55(49,50)52-42-40-47(3,4)5)54-46(48)39-37-35-33-31-29-27-19-17-15-13-11-9-7-2/h8,10,14,16-17,19-21,23-24,45H,6-7,9,11-13,15,18,22,25-44H2,1-5H3/b10-8-,16-14-,19-17-,21-20-,24-23-. The van der Waals surface area contributed by atoms with Gasteiger partial charge in [0.25, 0.3) is 7.82 Å². The molecule has 0 rings (SSSR count). The number of carbonyl (C=O) groups excluding carboxylic acids is 1. The molecule has 0 heterocycles. The lowest BCUT2D eigenvalue weighted by molar-refractivity contribution is -0.870. The minimum Gasteiger partial charge on any atom is -0.756 e. The van der Waals surface area contributed by atoms with Gasteiger partial charge in [-0.05, 0) is 77.0 Å². The maximum absolute atomic E-state index is 12.7. The zero-order valence-corrected chi connectivity index (χ0v) is 37.0. The van der Waals surface area contributed by atoms with Gasteiger partial charge in [0.2, 0.25) is 0 Å². The number of ether oxygens (including phenoxy) is 2. The summed E-state index contributed by atoms with van der Waals surface area (Å²) in [7, 11) is 1.33. The highest BCUT2D eigenvalue weighted by atomic mass is 31.2. The van der Waals surface area contributed by atoms with Crippen LogP contribution in [0.25, 0.3) is 0 Å². The quantitative estimate of drug-likeness (QED) is 0.0200. The molecule has 0 saturated heterocycles. The van der Waals surface area contributed by atoms with Crippen LogP contribution in [-0.2, 0) is 27.9 Å². The first kappa shape index (κ1) is 53.2. The van der Waals surface area contributed by atoms with Crippen molar-refractivity contribution in [1.29, 1.82) is 0 Å². The second-order valence-corrected chi connectivity index (χ2v) is 17.1. The van der Waals surface area contributed by atoms with E-state index in [1.807, 2.05) is 21.1 Å². The Morgan fingerprint density at radius 1 is 0.582 bits per heavy atom. The Morgan fingerprint density at radius 2 is 1.05 bits per heavy atom. The minimum absolute atomic E-state index is 0.0197. The molecule has 2 atom stereocenters. The number of unbranched alkanes of at least 4 members (excludes halogenated alkanes) is 16. The number of allylic oxidation sites excluding steroid dienone is 10. The Bertz CT molecular complexity index is 1060. The molecule has 0 aliphatic heterocycles. The lowest BCUT2D eigenvalue weighted by Gasteiger charge is -2.28. The van der Waals surface area contributed by atoms with Crippen LogP contribution < -0.4 is 4.89 Å². The topological polar surface area (TPSA) is 94.1 Å². The fraction of sp³-hybridized carbons (Fsp3) is 0.761. The summed E-state index contributed by atoms with van der Waals surface area (Å²) < 4.78 is 34.6. The first-order valence-electron chi connectivity index (χ1n) is 22.0. The third-order valence-electron chi connectivity index (χ3n) is 9.05. The fourth-order valence-corrected chi connectivity index (χ4v) is 6.38. The van der Waals surface area contributed by atoms with E-state index >= 15 is 0 Å². The molecule has 2 unspecified atom stereocenters. The molecular weight excluding hydrogens is 709 g/mol. The van der Waals surface area contributed by atoms with E-state index in [1.54, 1.807) is 0 Å². The van der Waals surface area contributed by atoms with Gasteiger partial charge in [-0.2, -0.15) is 0 Å². The highest BCUT2D eigenvalue weighted by Crippen LogP contribution is 2.38. The molecule has 0 bridgehead atoms. The van der Waals surface area contributed by atoms with E-state index in [1.165, 1.54) is 64.2 Å². The van der Waals surface area contributed by atoms with Crippen molar-refractivity contribution in [1.82, 2.24) is 0 Å². The molecule has 0 aromatic rings. The molecule has 0 radical (unpaired) electrons. The molecule has 0 aliphatic carbocycles. The molecule has 0 saturated carbocycles. The van der Waals surface area contributed by atoms with Crippen LogP contribution in [-0.4, -0.2) is 70.7 Å². The number of phosphoric ester groups is 1. The molecule has 9 heteroatoms. The predicted octanol–water partition coefficient (Wildman–Crippen LogP) is 12.3. The van der Waals surface area contributed by atoms with Gasteiger partial charge in [0, 0.05) is 13.0 Å². The van der Waals surface area contributed by atoms with Crippen molar-refractivity contribution in [3.63, 3.8) is 0 Å². The van der Waals surface area contributed by atoms with E-state index in [4.69, 9.17) is 18.5 Å². The smallest absolute Gasteiger partial charge is 0.306 e. The first-order valence-corrected chi connectivity index (χ1v) is 23.5. The number of esters is 1. The molecule has 0 fully saturated rings. The van der Waals surface area contributed by atoms with Crippen LogP contribution in [0.5, 0.6) is 0 Å². The molecular formula is C46H84NO7P. The summed E-state index contributed by atoms with van der Waals surface area (Å²) in [6.07, 6.45) is 48.0. The van der Waals surface area contributed by atoms with Gasteiger partial charge in [-0.25, -0.2) is 0 Å². The van der Waals surface area contributed by atoms with Gasteiger partial charge in [-0.1, -0.05) is 145 Å². The van der Waals surface area contributed by atoms with E-state index in [0.717, 1.165) is 83.5 Å². The number of hydrogen-bond donors (Lipinski definition) is 0. The highest BCUT2D eigenvalue weighted by molar-refractivity contribution is 7.45. The number of quaternary nitrogens is 1. The summed E-state index contributed by atoms with van der Waals surface area (Å²) in [5.74, 6) is -0.350. The van der Waals surface area contributed by atoms with Crippen LogP contribution in [0.2, 0.25) is 0 Å². The molecule has 0 aromatic heterocycles. The number of rotatable bonds is 40. The Kier molecular flexibility index (Phi) is 37.8. The van der Waals surface area contributed by atoms with Crippen molar-refractivity contribution in [2.24, 2.45) is 0 Å². The van der Waals surface area contributed by atoms with Gasteiger partial charge >= 0.3 is 5.97 Å². The van der Waals surface area contributed by atoms with Crippen molar-refractivity contribution in [3.8, 4) is 0 Å². The summed E-state index contributed by atoms with van der Waals surface area (Å²) in [6, 6.07) is 0. The molecule has 8 nitrogen and oxygen atoms in total. The first-order chi connectivity index (χ1) is 26.6. The largest absolute Gasteiger partial charge is 0.756 e. The Hall–Kier alpha value is -1.80. The van der Waals surface area contributed by atoms with Crippen LogP contribution in [0.1, 0.15) is 168 Å². The van der Waals surface area contributed by atoms with E-state index in [9.17, 15) is 14.3 Å². The van der Waals surface area contributed by atoms with E-state index in [0.29, 0.717) is 24.1 Å². The third-order valence-corrected chi connectivity index (χ3v) is 10.0. The molecule has 0 aliphatic rings. The van der Waals surface area contributed by atoms with Gasteiger partial charge < -0.3 is 27.9 Å². The van der Waals surface area contributed by atoms with Gasteiger partial charge in [-0.3, -0.25) is 9.36 Å². The predicted molar refractivity (Wildman–Crippen MR) is 231 cm³/mol. The minimum atomic E-state index is -4.53. The number of hydrogen-bond acceptors (Lipinski definition) is 7. The van der Waals surface area contributed by atoms with Crippen LogP contribution in [0, 0.1) is 0 Å². The number of carbonyl (C=O) groups is 1. The third kappa shape index (κ3) is 43.2. The van der Waals surface area contributed by atoms with Crippen LogP contribution in [0.15, 0.2) is 60.8 Å². The highest BCUT2D eigenvalue weighted by Gasteiger charge is 2.20. The van der Waals surface area contributed by atoms with Crippen molar-refractivity contribution in [2.45, 2.75) is 174 Å². The maximum Gasteiger partial charge on any atom is 0.306 e. The SMILES string of the molecule is CC/C=C\C/C=C\C/C=C\C/C=C\CCCCCCCCCOCC(COP(=O)([O-])OCC[N+](C)(C)C)OC(=O)CCCCCCC/C=C\CCCCCC. The average molecular weight is 794 g/mol. The number of phosphoric acid groups is 1. The normalized spacial score (nSPS) is 14.4. The zero-order chi connectivity index (χ0) is 40.6. The van der Waals surface area contributed by atoms with Crippen molar-refractivity contribution in [3.05, 3.63) is 60.8 Å². The Balaban J connectivity index is 4.25. The molecule has 0 amide bonds. The molecule has 0 N–H and O–H groups in total. The Morgan fingerprint density at radius 3 is 1.60 bits per heavy atom.